The first-order valence-electron chi connectivity index (χ1n) is 12.6. The molecule has 2 heterocycles. The number of allylic oxidation sites excluding steroid dienone is 1. The Balaban J connectivity index is 1.30. The summed E-state index contributed by atoms with van der Waals surface area (Å²) in [5.41, 5.74) is 2.32. The summed E-state index contributed by atoms with van der Waals surface area (Å²) in [6.45, 7) is 8.47. The van der Waals surface area contributed by atoms with Crippen LogP contribution >= 0.6 is 0 Å². The number of aliphatic hydroxyl groups is 1. The molecule has 6 aliphatic rings. The Labute approximate surface area is 176 Å². The second-order valence-electron chi connectivity index (χ2n) is 12.0. The lowest BCUT2D eigenvalue weighted by atomic mass is 9.47. The van der Waals surface area contributed by atoms with Crippen LogP contribution in [0.2, 0.25) is 0 Å². The van der Waals surface area contributed by atoms with Gasteiger partial charge in [0.25, 0.3) is 0 Å². The molecule has 1 N–H and O–H groups in total. The van der Waals surface area contributed by atoms with E-state index in [1.54, 1.807) is 5.57 Å². The van der Waals surface area contributed by atoms with Gasteiger partial charge in [-0.25, -0.2) is 0 Å². The predicted octanol–water partition coefficient (Wildman–Crippen LogP) is 5.47. The van der Waals surface area contributed by atoms with Crippen LogP contribution in [-0.4, -0.2) is 29.7 Å². The monoisotopic (exact) mass is 400 g/mol. The maximum atomic E-state index is 10.2. The third kappa shape index (κ3) is 2.47. The lowest BCUT2D eigenvalue weighted by molar-refractivity contribution is -0.264. The van der Waals surface area contributed by atoms with E-state index in [0.717, 1.165) is 43.6 Å². The Morgan fingerprint density at radius 3 is 2.72 bits per heavy atom. The lowest BCUT2D eigenvalue weighted by Gasteiger charge is -2.58. The zero-order valence-corrected chi connectivity index (χ0v) is 18.7. The van der Waals surface area contributed by atoms with Gasteiger partial charge < -0.3 is 14.6 Å². The van der Waals surface area contributed by atoms with E-state index in [-0.39, 0.29) is 11.9 Å². The van der Waals surface area contributed by atoms with Gasteiger partial charge in [0.05, 0.1) is 18.8 Å². The molecule has 4 aliphatic carbocycles. The first-order chi connectivity index (χ1) is 13.9. The fraction of sp³-hybridized carbons (Fsp3) is 0.923. The second kappa shape index (κ2) is 6.33. The summed E-state index contributed by atoms with van der Waals surface area (Å²) in [6.07, 6.45) is 14.7. The molecule has 0 bridgehead atoms. The van der Waals surface area contributed by atoms with E-state index < -0.39 is 0 Å². The molecule has 2 aliphatic heterocycles. The van der Waals surface area contributed by atoms with Crippen molar-refractivity contribution >= 4 is 0 Å². The maximum Gasteiger partial charge on any atom is 0.171 e. The fourth-order valence-electron chi connectivity index (χ4n) is 9.56. The topological polar surface area (TPSA) is 38.7 Å². The SMILES string of the molecule is C[C@H]1[C@@H]2[C@@H](C[C@@H]3[C@H]4CC=C5C[C@@H](O)CC[C@]5(C)[C@@H]4CC[C@]23C)O[C@]12CCCCO2. The van der Waals surface area contributed by atoms with Crippen molar-refractivity contribution in [1.29, 1.82) is 0 Å². The van der Waals surface area contributed by atoms with Crippen molar-refractivity contribution in [3.05, 3.63) is 11.6 Å². The van der Waals surface area contributed by atoms with Crippen molar-refractivity contribution in [2.24, 2.45) is 40.4 Å². The van der Waals surface area contributed by atoms with E-state index in [1.807, 2.05) is 0 Å². The van der Waals surface area contributed by atoms with E-state index in [1.165, 1.54) is 44.9 Å². The molecule has 3 heteroatoms. The quantitative estimate of drug-likeness (QED) is 0.548. The van der Waals surface area contributed by atoms with E-state index in [0.29, 0.717) is 28.8 Å². The summed E-state index contributed by atoms with van der Waals surface area (Å²) in [6, 6.07) is 0. The number of ether oxygens (including phenoxy) is 2. The highest BCUT2D eigenvalue weighted by Crippen LogP contribution is 2.70. The Hall–Kier alpha value is -0.380. The molecule has 3 saturated carbocycles. The van der Waals surface area contributed by atoms with Crippen LogP contribution in [0.3, 0.4) is 0 Å². The van der Waals surface area contributed by atoms with Gasteiger partial charge in [0.2, 0.25) is 0 Å². The lowest BCUT2D eigenvalue weighted by Crippen LogP contribution is -2.52. The Morgan fingerprint density at radius 1 is 1.07 bits per heavy atom. The molecule has 3 nitrogen and oxygen atoms in total. The Kier molecular flexibility index (Phi) is 4.21. The second-order valence-corrected chi connectivity index (χ2v) is 12.0. The van der Waals surface area contributed by atoms with Gasteiger partial charge in [-0.15, -0.1) is 0 Å². The third-order valence-corrected chi connectivity index (χ3v) is 11.0. The van der Waals surface area contributed by atoms with Crippen LogP contribution in [0, 0.1) is 40.4 Å². The molecule has 0 unspecified atom stereocenters. The fourth-order valence-corrected chi connectivity index (χ4v) is 9.56. The molecule has 29 heavy (non-hydrogen) atoms. The summed E-state index contributed by atoms with van der Waals surface area (Å²) in [5, 5.41) is 10.2. The molecule has 0 aromatic carbocycles. The maximum absolute atomic E-state index is 10.2. The number of hydrogen-bond acceptors (Lipinski definition) is 3. The molecule has 162 valence electrons. The molecular weight excluding hydrogens is 360 g/mol. The van der Waals surface area contributed by atoms with Crippen LogP contribution in [0.1, 0.15) is 85.0 Å². The highest BCUT2D eigenvalue weighted by atomic mass is 16.7. The largest absolute Gasteiger partial charge is 0.393 e. The predicted molar refractivity (Wildman–Crippen MR) is 113 cm³/mol. The van der Waals surface area contributed by atoms with Crippen molar-refractivity contribution in [2.75, 3.05) is 6.61 Å². The van der Waals surface area contributed by atoms with Gasteiger partial charge in [0, 0.05) is 12.3 Å². The smallest absolute Gasteiger partial charge is 0.171 e. The van der Waals surface area contributed by atoms with Gasteiger partial charge in [0.15, 0.2) is 5.79 Å². The van der Waals surface area contributed by atoms with Gasteiger partial charge >= 0.3 is 0 Å². The molecule has 2 saturated heterocycles. The van der Waals surface area contributed by atoms with Crippen LogP contribution < -0.4 is 0 Å². The molecule has 1 spiro atoms. The highest BCUT2D eigenvalue weighted by molar-refractivity contribution is 5.26. The normalized spacial score (nSPS) is 58.9. The average molecular weight is 401 g/mol. The summed E-state index contributed by atoms with van der Waals surface area (Å²) < 4.78 is 13.2. The number of fused-ring (bicyclic) bond motifs is 7. The van der Waals surface area contributed by atoms with E-state index in [9.17, 15) is 5.11 Å². The van der Waals surface area contributed by atoms with Crippen LogP contribution in [0.4, 0.5) is 0 Å². The minimum absolute atomic E-state index is 0.105. The first-order valence-corrected chi connectivity index (χ1v) is 12.6. The molecule has 10 atom stereocenters. The van der Waals surface area contributed by atoms with Gasteiger partial charge in [-0.2, -0.15) is 0 Å². The Bertz CT molecular complexity index is 709. The van der Waals surface area contributed by atoms with Crippen molar-refractivity contribution in [3.63, 3.8) is 0 Å². The zero-order chi connectivity index (χ0) is 20.0. The third-order valence-electron chi connectivity index (χ3n) is 11.0. The van der Waals surface area contributed by atoms with Gasteiger partial charge in [-0.1, -0.05) is 32.4 Å². The first kappa shape index (κ1) is 19.3. The number of hydrogen-bond donors (Lipinski definition) is 1. The summed E-state index contributed by atoms with van der Waals surface area (Å²) in [4.78, 5) is 0. The summed E-state index contributed by atoms with van der Waals surface area (Å²) in [7, 11) is 0. The molecule has 0 aromatic rings. The van der Waals surface area contributed by atoms with Crippen molar-refractivity contribution < 1.29 is 14.6 Å². The standard InChI is InChI=1S/C26H40O3/c1-16-23-22(29-26(16)10-4-5-13-28-26)15-21-19-7-6-17-14-18(27)8-11-24(17,2)20(19)9-12-25(21,23)3/h6,16,18-23,27H,4-5,7-15H2,1-3H3/t16-,18-,19-,20+,21+,22+,23+,24-,25-,26+/m0/s1. The van der Waals surface area contributed by atoms with Crippen molar-refractivity contribution in [2.45, 2.75) is 103 Å². The van der Waals surface area contributed by atoms with E-state index in [4.69, 9.17) is 9.47 Å². The average Bonchev–Trinajstić information content (AvgIpc) is 3.14. The van der Waals surface area contributed by atoms with Crippen LogP contribution in [0.25, 0.3) is 0 Å². The number of aliphatic hydroxyl groups excluding tert-OH is 1. The Morgan fingerprint density at radius 2 is 1.93 bits per heavy atom. The van der Waals surface area contributed by atoms with Crippen molar-refractivity contribution in [3.8, 4) is 0 Å². The zero-order valence-electron chi connectivity index (χ0n) is 18.7. The number of rotatable bonds is 0. The molecular formula is C26H40O3. The highest BCUT2D eigenvalue weighted by Gasteiger charge is 2.68. The van der Waals surface area contributed by atoms with Gasteiger partial charge in [-0.3, -0.25) is 0 Å². The molecule has 0 radical (unpaired) electrons. The molecule has 5 fully saturated rings. The van der Waals surface area contributed by atoms with Gasteiger partial charge in [-0.05, 0) is 92.3 Å². The van der Waals surface area contributed by atoms with Gasteiger partial charge in [0.1, 0.15) is 0 Å². The van der Waals surface area contributed by atoms with Crippen LogP contribution in [-0.2, 0) is 9.47 Å². The minimum atomic E-state index is -0.274. The van der Waals surface area contributed by atoms with E-state index in [2.05, 4.69) is 26.8 Å². The summed E-state index contributed by atoms with van der Waals surface area (Å²) in [5.74, 6) is 3.32. The van der Waals surface area contributed by atoms with Crippen LogP contribution in [0.5, 0.6) is 0 Å². The van der Waals surface area contributed by atoms with E-state index >= 15 is 0 Å². The molecule has 0 amide bonds. The summed E-state index contributed by atoms with van der Waals surface area (Å²) >= 11 is 0. The molecule has 6 rings (SSSR count). The van der Waals surface area contributed by atoms with Crippen LogP contribution in [0.15, 0.2) is 11.6 Å². The molecule has 0 aromatic heterocycles. The van der Waals surface area contributed by atoms with Crippen molar-refractivity contribution in [1.82, 2.24) is 0 Å². The minimum Gasteiger partial charge on any atom is -0.393 e.